The Kier molecular flexibility index (Phi) is 2.67. The van der Waals surface area contributed by atoms with E-state index in [1.807, 2.05) is 24.3 Å². The minimum atomic E-state index is 0.221. The van der Waals surface area contributed by atoms with Gasteiger partial charge in [0.2, 0.25) is 0 Å². The molecule has 0 amide bonds. The van der Waals surface area contributed by atoms with E-state index in [1.165, 1.54) is 6.33 Å². The molecule has 1 heterocycles. The molecule has 0 radical (unpaired) electrons. The third-order valence-corrected chi connectivity index (χ3v) is 2.07. The molecular formula is C12H8N4. The van der Waals surface area contributed by atoms with E-state index in [4.69, 9.17) is 11.0 Å². The number of rotatable bonds is 0. The molecule has 0 unspecified atom stereocenters. The van der Waals surface area contributed by atoms with Crippen LogP contribution in [0.25, 0.3) is 10.9 Å². The lowest BCUT2D eigenvalue weighted by Crippen LogP contribution is -1.93. The van der Waals surface area contributed by atoms with E-state index in [1.54, 1.807) is 0 Å². The number of nitrogen functional groups attached to an aromatic ring is 1. The number of fused-ring (bicyclic) bond motifs is 1. The zero-order chi connectivity index (χ0) is 11.4. The van der Waals surface area contributed by atoms with Gasteiger partial charge in [-0.2, -0.15) is 5.26 Å². The van der Waals surface area contributed by atoms with Gasteiger partial charge in [0.15, 0.2) is 0 Å². The highest BCUT2D eigenvalue weighted by atomic mass is 14.9. The van der Waals surface area contributed by atoms with Crippen LogP contribution in [0.1, 0.15) is 12.0 Å². The molecule has 2 rings (SSSR count). The molecular weight excluding hydrogens is 200 g/mol. The van der Waals surface area contributed by atoms with E-state index in [2.05, 4.69) is 21.8 Å². The van der Waals surface area contributed by atoms with Crippen LogP contribution in [-0.4, -0.2) is 9.97 Å². The molecule has 0 aliphatic rings. The number of benzene rings is 1. The molecule has 0 bridgehead atoms. The largest absolute Gasteiger partial charge is 0.383 e. The summed E-state index contributed by atoms with van der Waals surface area (Å²) in [5.41, 5.74) is 7.33. The van der Waals surface area contributed by atoms with Gasteiger partial charge < -0.3 is 5.73 Å². The fourth-order valence-electron chi connectivity index (χ4n) is 1.34. The molecule has 0 saturated heterocycles. The molecule has 0 aliphatic carbocycles. The van der Waals surface area contributed by atoms with Crippen LogP contribution >= 0.6 is 0 Å². The normalized spacial score (nSPS) is 9.19. The summed E-state index contributed by atoms with van der Waals surface area (Å²) in [6.07, 6.45) is 1.65. The second kappa shape index (κ2) is 4.29. The third-order valence-electron chi connectivity index (χ3n) is 2.07. The molecule has 0 atom stereocenters. The molecule has 16 heavy (non-hydrogen) atoms. The number of nitrogens with two attached hydrogens (primary N) is 1. The van der Waals surface area contributed by atoms with E-state index in [0.717, 1.165) is 16.5 Å². The van der Waals surface area contributed by atoms with Crippen molar-refractivity contribution in [3.8, 4) is 17.9 Å². The summed E-state index contributed by atoms with van der Waals surface area (Å²) in [6.45, 7) is 0. The molecule has 1 aromatic heterocycles. The van der Waals surface area contributed by atoms with Gasteiger partial charge in [-0.25, -0.2) is 9.97 Å². The first-order chi connectivity index (χ1) is 7.81. The number of aromatic nitrogens is 2. The Bertz CT molecular complexity index is 629. The van der Waals surface area contributed by atoms with Gasteiger partial charge in [-0.1, -0.05) is 11.8 Å². The molecule has 2 aromatic rings. The molecule has 4 nitrogen and oxygen atoms in total. The second-order valence-electron chi connectivity index (χ2n) is 3.13. The lowest BCUT2D eigenvalue weighted by atomic mass is 10.1. The van der Waals surface area contributed by atoms with E-state index in [-0.39, 0.29) is 6.42 Å². The van der Waals surface area contributed by atoms with Crippen LogP contribution in [0.15, 0.2) is 24.5 Å². The van der Waals surface area contributed by atoms with Crippen molar-refractivity contribution in [2.75, 3.05) is 5.73 Å². The topological polar surface area (TPSA) is 75.6 Å². The van der Waals surface area contributed by atoms with Crippen LogP contribution in [-0.2, 0) is 0 Å². The SMILES string of the molecule is N#CCC#Cc1ccc2ncnc(N)c2c1. The summed E-state index contributed by atoms with van der Waals surface area (Å²) in [6, 6.07) is 7.48. The fraction of sp³-hybridized carbons (Fsp3) is 0.0833. The molecule has 0 spiro atoms. The zero-order valence-corrected chi connectivity index (χ0v) is 8.44. The van der Waals surface area contributed by atoms with Crippen LogP contribution < -0.4 is 5.73 Å². The van der Waals surface area contributed by atoms with Crippen molar-refractivity contribution in [3.63, 3.8) is 0 Å². The number of hydrogen-bond acceptors (Lipinski definition) is 4. The van der Waals surface area contributed by atoms with Crippen LogP contribution in [0.5, 0.6) is 0 Å². The van der Waals surface area contributed by atoms with Crippen LogP contribution in [0, 0.1) is 23.2 Å². The van der Waals surface area contributed by atoms with Crippen LogP contribution in [0.4, 0.5) is 5.82 Å². The van der Waals surface area contributed by atoms with Gasteiger partial charge >= 0.3 is 0 Å². The van der Waals surface area contributed by atoms with Gasteiger partial charge in [0.1, 0.15) is 12.1 Å². The highest BCUT2D eigenvalue weighted by molar-refractivity contribution is 5.88. The summed E-state index contributed by atoms with van der Waals surface area (Å²) in [7, 11) is 0. The predicted octanol–water partition coefficient (Wildman–Crippen LogP) is 1.48. The molecule has 0 fully saturated rings. The van der Waals surface area contributed by atoms with Crippen molar-refractivity contribution in [1.29, 1.82) is 5.26 Å². The highest BCUT2D eigenvalue weighted by Gasteiger charge is 1.99. The van der Waals surface area contributed by atoms with E-state index >= 15 is 0 Å². The monoisotopic (exact) mass is 208 g/mol. The minimum Gasteiger partial charge on any atom is -0.383 e. The van der Waals surface area contributed by atoms with Crippen LogP contribution in [0.3, 0.4) is 0 Å². The predicted molar refractivity (Wildman–Crippen MR) is 61.1 cm³/mol. The molecule has 4 heteroatoms. The fourth-order valence-corrected chi connectivity index (χ4v) is 1.34. The quantitative estimate of drug-likeness (QED) is 0.665. The van der Waals surface area contributed by atoms with E-state index in [9.17, 15) is 0 Å². The Labute approximate surface area is 92.7 Å². The first-order valence-electron chi connectivity index (χ1n) is 4.67. The Morgan fingerprint density at radius 3 is 3.00 bits per heavy atom. The number of nitrogens with zero attached hydrogens (tertiary/aromatic N) is 3. The maximum atomic E-state index is 8.37. The molecule has 0 saturated carbocycles. The van der Waals surface area contributed by atoms with Crippen molar-refractivity contribution in [1.82, 2.24) is 9.97 Å². The van der Waals surface area contributed by atoms with Crippen molar-refractivity contribution < 1.29 is 0 Å². The summed E-state index contributed by atoms with van der Waals surface area (Å²) in [5, 5.41) is 9.15. The minimum absolute atomic E-state index is 0.221. The van der Waals surface area contributed by atoms with Gasteiger partial charge in [-0.3, -0.25) is 0 Å². The van der Waals surface area contributed by atoms with Gasteiger partial charge in [0.05, 0.1) is 18.0 Å². The van der Waals surface area contributed by atoms with Gasteiger partial charge in [-0.15, -0.1) is 0 Å². The Hall–Kier alpha value is -2.59. The van der Waals surface area contributed by atoms with Crippen molar-refractivity contribution in [2.45, 2.75) is 6.42 Å². The molecule has 0 aliphatic heterocycles. The lowest BCUT2D eigenvalue weighted by Gasteiger charge is -1.99. The maximum absolute atomic E-state index is 8.37. The standard InChI is InChI=1S/C12H8N4/c13-6-2-1-3-9-4-5-11-10(7-9)12(14)16-8-15-11/h4-5,7-8H,2H2,(H2,14,15,16). The lowest BCUT2D eigenvalue weighted by molar-refractivity contribution is 1.23. The third kappa shape index (κ3) is 1.92. The van der Waals surface area contributed by atoms with Crippen molar-refractivity contribution in [2.24, 2.45) is 0 Å². The average Bonchev–Trinajstić information content (AvgIpc) is 2.30. The Balaban J connectivity index is 2.49. The Morgan fingerprint density at radius 1 is 1.31 bits per heavy atom. The van der Waals surface area contributed by atoms with Crippen molar-refractivity contribution >= 4 is 16.7 Å². The first-order valence-corrected chi connectivity index (χ1v) is 4.67. The van der Waals surface area contributed by atoms with Crippen LogP contribution in [0.2, 0.25) is 0 Å². The average molecular weight is 208 g/mol. The van der Waals surface area contributed by atoms with Gasteiger partial charge in [0, 0.05) is 10.9 Å². The van der Waals surface area contributed by atoms with E-state index in [0.29, 0.717) is 5.82 Å². The molecule has 1 aromatic carbocycles. The zero-order valence-electron chi connectivity index (χ0n) is 8.44. The number of anilines is 1. The maximum Gasteiger partial charge on any atom is 0.134 e. The smallest absolute Gasteiger partial charge is 0.134 e. The summed E-state index contributed by atoms with van der Waals surface area (Å²) in [4.78, 5) is 8.00. The highest BCUT2D eigenvalue weighted by Crippen LogP contribution is 2.17. The Morgan fingerprint density at radius 2 is 2.19 bits per heavy atom. The van der Waals surface area contributed by atoms with Gasteiger partial charge in [0.25, 0.3) is 0 Å². The summed E-state index contributed by atoms with van der Waals surface area (Å²) < 4.78 is 0. The number of hydrogen-bond donors (Lipinski definition) is 1. The van der Waals surface area contributed by atoms with Gasteiger partial charge in [-0.05, 0) is 18.2 Å². The second-order valence-corrected chi connectivity index (χ2v) is 3.13. The van der Waals surface area contributed by atoms with Crippen molar-refractivity contribution in [3.05, 3.63) is 30.1 Å². The first kappa shape index (κ1) is 9.95. The number of nitriles is 1. The molecule has 76 valence electrons. The molecule has 2 N–H and O–H groups in total. The summed E-state index contributed by atoms with van der Waals surface area (Å²) in [5.74, 6) is 6.06. The summed E-state index contributed by atoms with van der Waals surface area (Å²) >= 11 is 0. The van der Waals surface area contributed by atoms with E-state index < -0.39 is 0 Å².